The van der Waals surface area contributed by atoms with Gasteiger partial charge in [-0.1, -0.05) is 224 Å². The number of ether oxygens (including phenoxy) is 3. The Morgan fingerprint density at radius 2 is 0.915 bits per heavy atom. The van der Waals surface area contributed by atoms with Crippen molar-refractivity contribution in [2.45, 2.75) is 314 Å². The fraction of sp³-hybridized carbons (Fsp3) is 0.867. The number of carbonyl (C=O) groups is 2. The topological polar surface area (TPSA) is 175 Å². The summed E-state index contributed by atoms with van der Waals surface area (Å²) >= 11 is 0. The van der Waals surface area contributed by atoms with Gasteiger partial charge in [-0.25, -0.2) is 0 Å². The second kappa shape index (κ2) is 50.1. The molecule has 416 valence electrons. The van der Waals surface area contributed by atoms with E-state index in [2.05, 4.69) is 43.5 Å². The van der Waals surface area contributed by atoms with Gasteiger partial charge in [-0.05, 0) is 70.6 Å². The highest BCUT2D eigenvalue weighted by atomic mass is 16.7. The van der Waals surface area contributed by atoms with E-state index in [1.165, 1.54) is 173 Å². The molecule has 0 aromatic heterocycles. The molecule has 1 aliphatic heterocycles. The third-order valence-electron chi connectivity index (χ3n) is 14.0. The molecule has 0 aromatic carbocycles. The van der Waals surface area contributed by atoms with Gasteiger partial charge in [0.15, 0.2) is 6.29 Å². The summed E-state index contributed by atoms with van der Waals surface area (Å²) in [5.74, 6) is -0.204. The van der Waals surface area contributed by atoms with Crippen molar-refractivity contribution in [2.24, 2.45) is 0 Å². The third-order valence-corrected chi connectivity index (χ3v) is 14.0. The summed E-state index contributed by atoms with van der Waals surface area (Å²) in [6.07, 6.45) is 51.1. The molecule has 1 fully saturated rings. The lowest BCUT2D eigenvalue weighted by molar-refractivity contribution is -0.302. The average molecular weight is 1010 g/mol. The molecular formula is C60H111NO10. The molecule has 71 heavy (non-hydrogen) atoms. The minimum atomic E-state index is -1.58. The highest BCUT2D eigenvalue weighted by Gasteiger charge is 2.44. The van der Waals surface area contributed by atoms with E-state index in [9.17, 15) is 35.1 Å². The average Bonchev–Trinajstić information content (AvgIpc) is 3.37. The molecule has 11 nitrogen and oxygen atoms in total. The Labute approximate surface area is 434 Å². The number of aliphatic hydroxyl groups excluding tert-OH is 5. The number of esters is 1. The first kappa shape index (κ1) is 66.9. The summed E-state index contributed by atoms with van der Waals surface area (Å²) < 4.78 is 16.7. The van der Waals surface area contributed by atoms with Gasteiger partial charge < -0.3 is 45.1 Å². The number of amides is 1. The van der Waals surface area contributed by atoms with Crippen molar-refractivity contribution in [3.8, 4) is 0 Å². The Balaban J connectivity index is 2.05. The number of nitrogens with one attached hydrogen (secondary N) is 1. The Bertz CT molecular complexity index is 1280. The molecule has 0 aromatic rings. The monoisotopic (exact) mass is 1010 g/mol. The molecule has 11 heteroatoms. The van der Waals surface area contributed by atoms with Crippen LogP contribution >= 0.6 is 0 Å². The van der Waals surface area contributed by atoms with Crippen molar-refractivity contribution in [3.63, 3.8) is 0 Å². The molecule has 7 unspecified atom stereocenters. The van der Waals surface area contributed by atoms with Crippen molar-refractivity contribution >= 4 is 11.9 Å². The van der Waals surface area contributed by atoms with Crippen LogP contribution in [0.1, 0.15) is 271 Å². The minimum absolute atomic E-state index is 0.00362. The number of unbranched alkanes of at least 4 members (excludes halogenated alkanes) is 33. The highest BCUT2D eigenvalue weighted by Crippen LogP contribution is 2.23. The standard InChI is InChI=1S/C60H111NO10/c1-3-5-7-9-11-13-27-32-36-40-44-48-56(65)69-49-45-41-37-33-29-26-24-22-20-18-16-15-17-19-21-23-25-28-31-35-39-43-47-55(64)61-52(51-70-60-59(68)58(67)57(66)54(50-62)71-60)53(63)46-42-38-34-30-14-12-10-8-6-4-2/h14,17,19,30,42,46,52-54,57-60,62-63,66-68H,3-13,15-16,18,20-29,31-41,43-45,47-51H2,1-2H3,(H,61,64)/b19-17-,30-14+,46-42+. The van der Waals surface area contributed by atoms with Gasteiger partial charge in [0.2, 0.25) is 5.91 Å². The first-order chi connectivity index (χ1) is 34.7. The molecule has 0 saturated carbocycles. The zero-order valence-electron chi connectivity index (χ0n) is 45.7. The van der Waals surface area contributed by atoms with Crippen molar-refractivity contribution in [3.05, 3.63) is 36.5 Å². The van der Waals surface area contributed by atoms with E-state index in [1.807, 2.05) is 6.08 Å². The summed E-state index contributed by atoms with van der Waals surface area (Å²) in [7, 11) is 0. The molecule has 1 aliphatic rings. The van der Waals surface area contributed by atoms with E-state index in [1.54, 1.807) is 6.08 Å². The van der Waals surface area contributed by atoms with Gasteiger partial charge in [0.05, 0.1) is 32.0 Å². The smallest absolute Gasteiger partial charge is 0.305 e. The summed E-state index contributed by atoms with van der Waals surface area (Å²) in [5, 5.41) is 54.2. The highest BCUT2D eigenvalue weighted by molar-refractivity contribution is 5.76. The zero-order valence-corrected chi connectivity index (χ0v) is 45.7. The van der Waals surface area contributed by atoms with E-state index in [-0.39, 0.29) is 18.5 Å². The summed E-state index contributed by atoms with van der Waals surface area (Å²) in [5.41, 5.74) is 0. The van der Waals surface area contributed by atoms with Crippen LogP contribution in [-0.4, -0.2) is 100 Å². The van der Waals surface area contributed by atoms with Crippen LogP contribution < -0.4 is 5.32 Å². The third kappa shape index (κ3) is 39.9. The van der Waals surface area contributed by atoms with Gasteiger partial charge in [0, 0.05) is 12.8 Å². The van der Waals surface area contributed by atoms with E-state index < -0.39 is 49.5 Å². The van der Waals surface area contributed by atoms with Crippen molar-refractivity contribution in [2.75, 3.05) is 19.8 Å². The van der Waals surface area contributed by atoms with Gasteiger partial charge >= 0.3 is 5.97 Å². The number of hydrogen-bond acceptors (Lipinski definition) is 10. The van der Waals surface area contributed by atoms with Gasteiger partial charge in [0.1, 0.15) is 24.4 Å². The van der Waals surface area contributed by atoms with Crippen LogP contribution in [-0.2, 0) is 23.8 Å². The van der Waals surface area contributed by atoms with Crippen LogP contribution in [0.3, 0.4) is 0 Å². The summed E-state index contributed by atoms with van der Waals surface area (Å²) in [4.78, 5) is 25.0. The quantitative estimate of drug-likeness (QED) is 0.0195. The zero-order chi connectivity index (χ0) is 51.7. The fourth-order valence-corrected chi connectivity index (χ4v) is 9.21. The Morgan fingerprint density at radius 3 is 1.41 bits per heavy atom. The van der Waals surface area contributed by atoms with Crippen LogP contribution in [0.25, 0.3) is 0 Å². The molecule has 1 amide bonds. The molecule has 0 radical (unpaired) electrons. The van der Waals surface area contributed by atoms with E-state index >= 15 is 0 Å². The van der Waals surface area contributed by atoms with Crippen LogP contribution in [0.4, 0.5) is 0 Å². The summed E-state index contributed by atoms with van der Waals surface area (Å²) in [6.45, 7) is 4.28. The van der Waals surface area contributed by atoms with Gasteiger partial charge in [0.25, 0.3) is 0 Å². The van der Waals surface area contributed by atoms with Crippen molar-refractivity contribution in [1.29, 1.82) is 0 Å². The van der Waals surface area contributed by atoms with Gasteiger partial charge in [-0.15, -0.1) is 0 Å². The van der Waals surface area contributed by atoms with Gasteiger partial charge in [-0.2, -0.15) is 0 Å². The maximum Gasteiger partial charge on any atom is 0.305 e. The van der Waals surface area contributed by atoms with Gasteiger partial charge in [-0.3, -0.25) is 9.59 Å². The van der Waals surface area contributed by atoms with Crippen molar-refractivity contribution < 1.29 is 49.3 Å². The first-order valence-corrected chi connectivity index (χ1v) is 29.8. The summed E-state index contributed by atoms with van der Waals surface area (Å²) in [6, 6.07) is -0.831. The normalized spacial score (nSPS) is 19.3. The molecular weight excluding hydrogens is 895 g/mol. The lowest BCUT2D eigenvalue weighted by Crippen LogP contribution is -2.60. The first-order valence-electron chi connectivity index (χ1n) is 29.8. The van der Waals surface area contributed by atoms with Crippen LogP contribution in [0.5, 0.6) is 0 Å². The number of allylic oxidation sites excluding steroid dienone is 5. The maximum absolute atomic E-state index is 13.0. The molecule has 1 heterocycles. The van der Waals surface area contributed by atoms with E-state index in [0.29, 0.717) is 19.4 Å². The van der Waals surface area contributed by atoms with E-state index in [0.717, 1.165) is 70.6 Å². The predicted octanol–water partition coefficient (Wildman–Crippen LogP) is 13.5. The maximum atomic E-state index is 13.0. The lowest BCUT2D eigenvalue weighted by Gasteiger charge is -2.40. The Morgan fingerprint density at radius 1 is 0.507 bits per heavy atom. The van der Waals surface area contributed by atoms with Crippen LogP contribution in [0.15, 0.2) is 36.5 Å². The molecule has 1 rings (SSSR count). The fourth-order valence-electron chi connectivity index (χ4n) is 9.21. The molecule has 0 bridgehead atoms. The second-order valence-electron chi connectivity index (χ2n) is 20.7. The number of aliphatic hydroxyl groups is 5. The largest absolute Gasteiger partial charge is 0.466 e. The molecule has 0 aliphatic carbocycles. The molecule has 1 saturated heterocycles. The minimum Gasteiger partial charge on any atom is -0.466 e. The van der Waals surface area contributed by atoms with E-state index in [4.69, 9.17) is 14.2 Å². The van der Waals surface area contributed by atoms with Crippen LogP contribution in [0.2, 0.25) is 0 Å². The molecule has 0 spiro atoms. The Kier molecular flexibility index (Phi) is 47.2. The van der Waals surface area contributed by atoms with Crippen molar-refractivity contribution in [1.82, 2.24) is 5.32 Å². The number of rotatable bonds is 51. The lowest BCUT2D eigenvalue weighted by atomic mass is 9.99. The number of hydrogen-bond donors (Lipinski definition) is 6. The molecule has 7 atom stereocenters. The Hall–Kier alpha value is -2.12. The second-order valence-corrected chi connectivity index (χ2v) is 20.7. The van der Waals surface area contributed by atoms with Crippen LogP contribution in [0, 0.1) is 0 Å². The number of carbonyl (C=O) groups excluding carboxylic acids is 2. The molecule has 6 N–H and O–H groups in total. The SMILES string of the molecule is CCCCCC/C=C/CC/C=C/C(O)C(COC1OC(CO)C(O)C(O)C1O)NC(=O)CCCCCCCCC/C=C\CCCCCCCCCCCCCOC(=O)CCCCCCCCCCCCC. The predicted molar refractivity (Wildman–Crippen MR) is 292 cm³/mol.